The lowest BCUT2D eigenvalue weighted by molar-refractivity contribution is -0.123. The molecule has 7 heteroatoms. The number of carbonyl (C=O) groups excluding carboxylic acids is 1. The molecule has 144 valence electrons. The van der Waals surface area contributed by atoms with Crippen LogP contribution in [-0.2, 0) is 27.7 Å². The number of nitrogens with one attached hydrogen (secondary N) is 2. The molecule has 0 saturated heterocycles. The SMILES string of the molecule is Cc1cccc(C)c1OCC(=O)NNS(=O)(=O)c1ccc2c(c1)CCCC2. The van der Waals surface area contributed by atoms with Crippen LogP contribution in [0.25, 0.3) is 0 Å². The molecule has 0 radical (unpaired) electrons. The van der Waals surface area contributed by atoms with Gasteiger partial charge in [0, 0.05) is 0 Å². The van der Waals surface area contributed by atoms with Crippen LogP contribution in [0.3, 0.4) is 0 Å². The van der Waals surface area contributed by atoms with Gasteiger partial charge in [0.1, 0.15) is 5.75 Å². The first-order chi connectivity index (χ1) is 12.9. The minimum absolute atomic E-state index is 0.152. The predicted molar refractivity (Wildman–Crippen MR) is 103 cm³/mol. The molecule has 0 heterocycles. The molecule has 1 amide bonds. The van der Waals surface area contributed by atoms with E-state index in [0.717, 1.165) is 42.4 Å². The monoisotopic (exact) mass is 388 g/mol. The number of hydrogen-bond acceptors (Lipinski definition) is 4. The molecule has 3 rings (SSSR count). The molecule has 2 aromatic carbocycles. The van der Waals surface area contributed by atoms with Gasteiger partial charge in [-0.2, -0.15) is 0 Å². The highest BCUT2D eigenvalue weighted by atomic mass is 32.2. The molecule has 27 heavy (non-hydrogen) atoms. The van der Waals surface area contributed by atoms with Gasteiger partial charge in [-0.05, 0) is 73.9 Å². The van der Waals surface area contributed by atoms with E-state index in [1.54, 1.807) is 12.1 Å². The van der Waals surface area contributed by atoms with E-state index in [-0.39, 0.29) is 11.5 Å². The van der Waals surface area contributed by atoms with E-state index >= 15 is 0 Å². The summed E-state index contributed by atoms with van der Waals surface area (Å²) >= 11 is 0. The van der Waals surface area contributed by atoms with Crippen LogP contribution in [0.2, 0.25) is 0 Å². The van der Waals surface area contributed by atoms with Gasteiger partial charge < -0.3 is 4.74 Å². The van der Waals surface area contributed by atoms with Crippen LogP contribution in [0.5, 0.6) is 5.75 Å². The summed E-state index contributed by atoms with van der Waals surface area (Å²) in [7, 11) is -3.83. The van der Waals surface area contributed by atoms with Crippen molar-refractivity contribution in [1.82, 2.24) is 10.3 Å². The van der Waals surface area contributed by atoms with Crippen molar-refractivity contribution >= 4 is 15.9 Å². The number of benzene rings is 2. The number of para-hydroxylation sites is 1. The van der Waals surface area contributed by atoms with Crippen molar-refractivity contribution in [2.24, 2.45) is 0 Å². The summed E-state index contributed by atoms with van der Waals surface area (Å²) < 4.78 is 30.4. The molecule has 2 N–H and O–H groups in total. The van der Waals surface area contributed by atoms with Gasteiger partial charge in [-0.3, -0.25) is 10.2 Å². The third-order valence-corrected chi connectivity index (χ3v) is 5.96. The minimum Gasteiger partial charge on any atom is -0.483 e. The summed E-state index contributed by atoms with van der Waals surface area (Å²) in [5.74, 6) is 0.0596. The number of hydrogen-bond donors (Lipinski definition) is 2. The Bertz CT molecular complexity index is 934. The van der Waals surface area contributed by atoms with Gasteiger partial charge >= 0.3 is 0 Å². The maximum atomic E-state index is 12.4. The average molecular weight is 388 g/mol. The number of rotatable bonds is 6. The molecule has 1 aliphatic carbocycles. The van der Waals surface area contributed by atoms with Gasteiger partial charge in [0.2, 0.25) is 0 Å². The molecule has 0 fully saturated rings. The second-order valence-corrected chi connectivity index (χ2v) is 8.48. The maximum Gasteiger partial charge on any atom is 0.272 e. The molecule has 0 aromatic heterocycles. The Morgan fingerprint density at radius 2 is 1.70 bits per heavy atom. The number of fused-ring (bicyclic) bond motifs is 1. The Kier molecular flexibility index (Phi) is 5.82. The molecule has 0 saturated carbocycles. The number of sulfonamides is 1. The zero-order valence-corrected chi connectivity index (χ0v) is 16.4. The van der Waals surface area contributed by atoms with Crippen molar-refractivity contribution in [3.8, 4) is 5.75 Å². The van der Waals surface area contributed by atoms with Gasteiger partial charge in [-0.25, -0.2) is 8.42 Å². The van der Waals surface area contributed by atoms with Crippen molar-refractivity contribution in [2.45, 2.75) is 44.4 Å². The Morgan fingerprint density at radius 3 is 2.41 bits per heavy atom. The number of ether oxygens (including phenoxy) is 1. The lowest BCUT2D eigenvalue weighted by Gasteiger charge is -2.17. The molecular weight excluding hydrogens is 364 g/mol. The van der Waals surface area contributed by atoms with Gasteiger partial charge in [0.25, 0.3) is 15.9 Å². The Labute approximate surface area is 160 Å². The van der Waals surface area contributed by atoms with E-state index in [1.165, 1.54) is 5.56 Å². The molecule has 1 aliphatic rings. The van der Waals surface area contributed by atoms with Crippen LogP contribution in [0, 0.1) is 13.8 Å². The van der Waals surface area contributed by atoms with Crippen molar-refractivity contribution in [1.29, 1.82) is 0 Å². The van der Waals surface area contributed by atoms with E-state index < -0.39 is 15.9 Å². The summed E-state index contributed by atoms with van der Waals surface area (Å²) in [6.45, 7) is 3.50. The quantitative estimate of drug-likeness (QED) is 0.745. The average Bonchev–Trinajstić information content (AvgIpc) is 2.65. The lowest BCUT2D eigenvalue weighted by atomic mass is 9.92. The molecule has 0 aliphatic heterocycles. The fourth-order valence-corrected chi connectivity index (χ4v) is 4.17. The second kappa shape index (κ2) is 8.10. The van der Waals surface area contributed by atoms with Crippen LogP contribution in [-0.4, -0.2) is 20.9 Å². The van der Waals surface area contributed by atoms with Crippen LogP contribution >= 0.6 is 0 Å². The Balaban J connectivity index is 1.59. The summed E-state index contributed by atoms with van der Waals surface area (Å²) in [5, 5.41) is 0. The van der Waals surface area contributed by atoms with Gasteiger partial charge in [0.05, 0.1) is 4.90 Å². The number of amides is 1. The fraction of sp³-hybridized carbons (Fsp3) is 0.350. The second-order valence-electron chi connectivity index (χ2n) is 6.80. The van der Waals surface area contributed by atoms with Crippen molar-refractivity contribution in [3.05, 3.63) is 58.7 Å². The first-order valence-corrected chi connectivity index (χ1v) is 10.5. The van der Waals surface area contributed by atoms with E-state index in [9.17, 15) is 13.2 Å². The normalized spacial score (nSPS) is 13.7. The van der Waals surface area contributed by atoms with Crippen molar-refractivity contribution in [3.63, 3.8) is 0 Å². The molecule has 0 spiro atoms. The molecule has 6 nitrogen and oxygen atoms in total. The largest absolute Gasteiger partial charge is 0.483 e. The highest BCUT2D eigenvalue weighted by Gasteiger charge is 2.18. The van der Waals surface area contributed by atoms with Crippen LogP contribution in [0.15, 0.2) is 41.3 Å². The number of hydrazine groups is 1. The number of aryl methyl sites for hydroxylation is 4. The van der Waals surface area contributed by atoms with Gasteiger partial charge in [-0.1, -0.05) is 24.3 Å². The van der Waals surface area contributed by atoms with E-state index in [4.69, 9.17) is 4.74 Å². The third kappa shape index (κ3) is 4.67. The van der Waals surface area contributed by atoms with Gasteiger partial charge in [-0.15, -0.1) is 4.83 Å². The molecule has 2 aromatic rings. The summed E-state index contributed by atoms with van der Waals surface area (Å²) in [6, 6.07) is 10.8. The summed E-state index contributed by atoms with van der Waals surface area (Å²) in [5.41, 5.74) is 6.30. The van der Waals surface area contributed by atoms with Crippen LogP contribution < -0.4 is 15.0 Å². The Morgan fingerprint density at radius 1 is 1.04 bits per heavy atom. The van der Waals surface area contributed by atoms with Gasteiger partial charge in [0.15, 0.2) is 6.61 Å². The Hall–Kier alpha value is -2.38. The van der Waals surface area contributed by atoms with Crippen molar-refractivity contribution in [2.75, 3.05) is 6.61 Å². The first-order valence-electron chi connectivity index (χ1n) is 8.98. The van der Waals surface area contributed by atoms with E-state index in [2.05, 4.69) is 10.3 Å². The van der Waals surface area contributed by atoms with E-state index in [0.29, 0.717) is 5.75 Å². The van der Waals surface area contributed by atoms with E-state index in [1.807, 2.05) is 38.1 Å². The maximum absolute atomic E-state index is 12.4. The molecular formula is C20H24N2O4S. The topological polar surface area (TPSA) is 84.5 Å². The van der Waals surface area contributed by atoms with Crippen molar-refractivity contribution < 1.29 is 17.9 Å². The first kappa shape index (κ1) is 19.4. The molecule has 0 atom stereocenters. The highest BCUT2D eigenvalue weighted by Crippen LogP contribution is 2.24. The fourth-order valence-electron chi connectivity index (χ4n) is 3.26. The molecule has 0 bridgehead atoms. The number of carbonyl (C=O) groups is 1. The molecule has 0 unspecified atom stereocenters. The van der Waals surface area contributed by atoms with Crippen LogP contribution in [0.4, 0.5) is 0 Å². The third-order valence-electron chi connectivity index (χ3n) is 4.71. The highest BCUT2D eigenvalue weighted by molar-refractivity contribution is 7.89. The zero-order chi connectivity index (χ0) is 19.4. The smallest absolute Gasteiger partial charge is 0.272 e. The summed E-state index contributed by atoms with van der Waals surface area (Å²) in [4.78, 5) is 14.3. The summed E-state index contributed by atoms with van der Waals surface area (Å²) in [6.07, 6.45) is 4.06. The minimum atomic E-state index is -3.83. The van der Waals surface area contributed by atoms with Crippen LogP contribution in [0.1, 0.15) is 35.1 Å². The predicted octanol–water partition coefficient (Wildman–Crippen LogP) is 2.57. The zero-order valence-electron chi connectivity index (χ0n) is 15.5. The standard InChI is InChI=1S/C20H24N2O4S/c1-14-6-5-7-15(2)20(14)26-13-19(23)21-22-27(24,25)18-11-10-16-8-3-4-9-17(16)12-18/h5-7,10-12,22H,3-4,8-9,13H2,1-2H3,(H,21,23). The lowest BCUT2D eigenvalue weighted by Crippen LogP contribution is -2.43.